The number of aryl methyl sites for hydroxylation is 1. The van der Waals surface area contributed by atoms with Gasteiger partial charge in [-0.25, -0.2) is 4.39 Å². The molecule has 1 aliphatic heterocycles. The van der Waals surface area contributed by atoms with Crippen LogP contribution in [0.5, 0.6) is 0 Å². The second-order valence-corrected chi connectivity index (χ2v) is 8.72. The molecule has 1 aromatic carbocycles. The Bertz CT molecular complexity index is 617. The Balaban J connectivity index is 1.53. The van der Waals surface area contributed by atoms with Gasteiger partial charge in [-0.2, -0.15) is 0 Å². The summed E-state index contributed by atoms with van der Waals surface area (Å²) in [6.07, 6.45) is 3.30. The van der Waals surface area contributed by atoms with Gasteiger partial charge in [-0.05, 0) is 82.6 Å². The Hall–Kier alpha value is -0.865. The van der Waals surface area contributed by atoms with Gasteiger partial charge in [0.15, 0.2) is 0 Å². The predicted molar refractivity (Wildman–Crippen MR) is 85.4 cm³/mol. The van der Waals surface area contributed by atoms with Crippen molar-refractivity contribution in [2.75, 3.05) is 0 Å². The summed E-state index contributed by atoms with van der Waals surface area (Å²) in [5, 5.41) is 0.172. The molecule has 3 aliphatic carbocycles. The molecule has 0 N–H and O–H groups in total. The number of halogens is 1. The minimum Gasteiger partial charge on any atom is -0.403 e. The fraction of sp³-hybridized carbons (Fsp3) is 0.667. The third-order valence-corrected chi connectivity index (χ3v) is 6.58. The predicted octanol–water partition coefficient (Wildman–Crippen LogP) is 4.40. The molecule has 1 aromatic rings. The van der Waals surface area contributed by atoms with E-state index in [9.17, 15) is 4.39 Å². The molecular weight excluding hydrogens is 278 g/mol. The van der Waals surface area contributed by atoms with E-state index in [1.807, 2.05) is 13.0 Å². The monoisotopic (exact) mass is 302 g/mol. The molecule has 2 bridgehead atoms. The van der Waals surface area contributed by atoms with Crippen molar-refractivity contribution in [3.8, 4) is 0 Å². The standard InChI is InChI=1S/C18H24BFO2/c1-12-8-13(20)6-7-14(12)17-9-18(10-17,11-17)19-21-15(2,3)16(4,5)22-19/h6-8H,9-11H2,1-5H3. The van der Waals surface area contributed by atoms with Crippen LogP contribution >= 0.6 is 0 Å². The van der Waals surface area contributed by atoms with Gasteiger partial charge in [-0.3, -0.25) is 0 Å². The third-order valence-electron chi connectivity index (χ3n) is 6.58. The first-order chi connectivity index (χ1) is 10.1. The highest BCUT2D eigenvalue weighted by atomic mass is 19.1. The van der Waals surface area contributed by atoms with Crippen LogP contribution in [0.15, 0.2) is 18.2 Å². The molecule has 0 unspecified atom stereocenters. The second kappa shape index (κ2) is 3.96. The number of rotatable bonds is 2. The first-order valence-electron chi connectivity index (χ1n) is 8.22. The average Bonchev–Trinajstić information content (AvgIpc) is 2.47. The van der Waals surface area contributed by atoms with Crippen LogP contribution in [0.1, 0.15) is 58.1 Å². The molecule has 0 spiro atoms. The Morgan fingerprint density at radius 1 is 1.00 bits per heavy atom. The molecule has 4 aliphatic rings. The maximum absolute atomic E-state index is 13.3. The number of hydrogen-bond donors (Lipinski definition) is 0. The first-order valence-corrected chi connectivity index (χ1v) is 8.22. The third kappa shape index (κ3) is 1.68. The average molecular weight is 302 g/mol. The second-order valence-electron chi connectivity index (χ2n) is 8.72. The lowest BCUT2D eigenvalue weighted by Crippen LogP contribution is -2.66. The van der Waals surface area contributed by atoms with Crippen molar-refractivity contribution in [1.29, 1.82) is 0 Å². The van der Waals surface area contributed by atoms with E-state index >= 15 is 0 Å². The van der Waals surface area contributed by atoms with Crippen molar-refractivity contribution in [1.82, 2.24) is 0 Å². The van der Waals surface area contributed by atoms with Gasteiger partial charge >= 0.3 is 7.12 Å². The van der Waals surface area contributed by atoms with Crippen molar-refractivity contribution < 1.29 is 13.7 Å². The van der Waals surface area contributed by atoms with E-state index in [0.717, 1.165) is 24.8 Å². The normalized spacial score (nSPS) is 37.6. The van der Waals surface area contributed by atoms with E-state index in [4.69, 9.17) is 9.31 Å². The summed E-state index contributed by atoms with van der Waals surface area (Å²) >= 11 is 0. The maximum Gasteiger partial charge on any atom is 0.464 e. The highest BCUT2D eigenvalue weighted by molar-refractivity contribution is 6.51. The molecule has 0 radical (unpaired) electrons. The zero-order chi connectivity index (χ0) is 16.0. The minimum absolute atomic E-state index is 0.0971. The fourth-order valence-corrected chi connectivity index (χ4v) is 4.72. The topological polar surface area (TPSA) is 18.5 Å². The lowest BCUT2D eigenvalue weighted by atomic mass is 9.23. The summed E-state index contributed by atoms with van der Waals surface area (Å²) in [6.45, 7) is 10.5. The van der Waals surface area contributed by atoms with Crippen molar-refractivity contribution in [3.63, 3.8) is 0 Å². The van der Waals surface area contributed by atoms with Gasteiger partial charge < -0.3 is 9.31 Å². The van der Waals surface area contributed by atoms with E-state index in [2.05, 4.69) is 27.7 Å². The van der Waals surface area contributed by atoms with Crippen molar-refractivity contribution >= 4 is 7.12 Å². The summed E-state index contributed by atoms with van der Waals surface area (Å²) in [5.41, 5.74) is 2.11. The van der Waals surface area contributed by atoms with E-state index in [1.54, 1.807) is 12.1 Å². The smallest absolute Gasteiger partial charge is 0.403 e. The molecule has 3 saturated carbocycles. The van der Waals surface area contributed by atoms with Crippen LogP contribution in [0, 0.1) is 12.7 Å². The molecule has 118 valence electrons. The number of benzene rings is 1. The molecule has 2 nitrogen and oxygen atoms in total. The molecule has 5 rings (SSSR count). The molecule has 0 amide bonds. The van der Waals surface area contributed by atoms with Gasteiger partial charge in [0.2, 0.25) is 0 Å². The number of hydrogen-bond acceptors (Lipinski definition) is 2. The summed E-state index contributed by atoms with van der Waals surface area (Å²) in [7, 11) is -0.0971. The largest absolute Gasteiger partial charge is 0.464 e. The van der Waals surface area contributed by atoms with Crippen LogP contribution < -0.4 is 0 Å². The van der Waals surface area contributed by atoms with Crippen LogP contribution in [0.25, 0.3) is 0 Å². The van der Waals surface area contributed by atoms with Crippen LogP contribution in [-0.4, -0.2) is 18.3 Å². The molecule has 1 heterocycles. The summed E-state index contributed by atoms with van der Waals surface area (Å²) in [4.78, 5) is 0. The van der Waals surface area contributed by atoms with E-state index in [1.165, 1.54) is 5.56 Å². The Kier molecular flexibility index (Phi) is 2.65. The zero-order valence-electron chi connectivity index (χ0n) is 14.1. The molecule has 0 atom stereocenters. The van der Waals surface area contributed by atoms with Gasteiger partial charge in [-0.15, -0.1) is 0 Å². The van der Waals surface area contributed by atoms with Crippen LogP contribution in [-0.2, 0) is 14.7 Å². The Morgan fingerprint density at radius 3 is 2.05 bits per heavy atom. The zero-order valence-corrected chi connectivity index (χ0v) is 14.1. The van der Waals surface area contributed by atoms with Crippen molar-refractivity contribution in [2.45, 2.75) is 75.8 Å². The molecule has 4 heteroatoms. The molecule has 4 fully saturated rings. The molecular formula is C18H24BFO2. The summed E-state index contributed by atoms with van der Waals surface area (Å²) in [6, 6.07) is 5.21. The van der Waals surface area contributed by atoms with E-state index in [-0.39, 0.29) is 34.9 Å². The minimum atomic E-state index is -0.258. The summed E-state index contributed by atoms with van der Waals surface area (Å²) < 4.78 is 25.8. The van der Waals surface area contributed by atoms with E-state index < -0.39 is 0 Å². The lowest BCUT2D eigenvalue weighted by Gasteiger charge is -2.71. The Labute approximate surface area is 132 Å². The fourth-order valence-electron chi connectivity index (χ4n) is 4.72. The summed E-state index contributed by atoms with van der Waals surface area (Å²) in [5.74, 6) is -0.145. The van der Waals surface area contributed by atoms with Crippen molar-refractivity contribution in [2.24, 2.45) is 0 Å². The van der Waals surface area contributed by atoms with Gasteiger partial charge in [0.25, 0.3) is 0 Å². The van der Waals surface area contributed by atoms with Crippen LogP contribution in [0.2, 0.25) is 5.31 Å². The molecule has 0 aromatic heterocycles. The maximum atomic E-state index is 13.3. The van der Waals surface area contributed by atoms with Gasteiger partial charge in [0.1, 0.15) is 5.82 Å². The highest BCUT2D eigenvalue weighted by Crippen LogP contribution is 2.81. The van der Waals surface area contributed by atoms with Gasteiger partial charge in [0.05, 0.1) is 11.2 Å². The highest BCUT2D eigenvalue weighted by Gasteiger charge is 2.76. The van der Waals surface area contributed by atoms with Gasteiger partial charge in [-0.1, -0.05) is 6.07 Å². The Morgan fingerprint density at radius 2 is 1.55 bits per heavy atom. The van der Waals surface area contributed by atoms with Crippen molar-refractivity contribution in [3.05, 3.63) is 35.1 Å². The van der Waals surface area contributed by atoms with E-state index in [0.29, 0.717) is 0 Å². The lowest BCUT2D eigenvalue weighted by molar-refractivity contribution is -0.0388. The van der Waals surface area contributed by atoms with Gasteiger partial charge in [0, 0.05) is 5.31 Å². The quantitative estimate of drug-likeness (QED) is 0.754. The molecule has 1 saturated heterocycles. The SMILES string of the molecule is Cc1cc(F)ccc1C12CC(B3OC(C)(C)C(C)(C)O3)(C1)C2. The van der Waals surface area contributed by atoms with Crippen LogP contribution in [0.3, 0.4) is 0 Å². The first kappa shape index (κ1) is 14.7. The van der Waals surface area contributed by atoms with Crippen LogP contribution in [0.4, 0.5) is 4.39 Å². The molecule has 22 heavy (non-hydrogen) atoms.